The normalized spacial score (nSPS) is 10.8. The lowest BCUT2D eigenvalue weighted by Gasteiger charge is -2.12. The van der Waals surface area contributed by atoms with Crippen LogP contribution in [-0.2, 0) is 14.3 Å². The molecule has 3 aromatic carbocycles. The van der Waals surface area contributed by atoms with Crippen molar-refractivity contribution in [2.75, 3.05) is 6.61 Å². The van der Waals surface area contributed by atoms with E-state index in [1.807, 2.05) is 50.2 Å². The lowest BCUT2D eigenvalue weighted by molar-refractivity contribution is -0.147. The molecule has 2 N–H and O–H groups in total. The molecule has 0 aliphatic carbocycles. The number of hydrogen-bond donors (Lipinski definition) is 2. The van der Waals surface area contributed by atoms with Crippen LogP contribution in [0.25, 0.3) is 28.1 Å². The van der Waals surface area contributed by atoms with Crippen LogP contribution in [0.1, 0.15) is 77.7 Å². The molecule has 0 fully saturated rings. The number of unbranched alkanes of at least 4 members (excludes halogenated alkanes) is 4. The Labute approximate surface area is 254 Å². The van der Waals surface area contributed by atoms with E-state index in [0.717, 1.165) is 61.1 Å². The van der Waals surface area contributed by atoms with Gasteiger partial charge in [0, 0.05) is 36.2 Å². The number of aromatic hydroxyl groups is 1. The number of esters is 1. The number of aryl methyl sites for hydroxylation is 1. The number of phenols is 1. The van der Waals surface area contributed by atoms with Gasteiger partial charge in [-0.25, -0.2) is 4.98 Å². The maximum Gasteiger partial charge on any atom is 0.306 e. The van der Waals surface area contributed by atoms with Gasteiger partial charge in [-0.1, -0.05) is 67.8 Å². The number of phenolic OH excluding ortho intramolecular Hbond substituents is 1. The average Bonchev–Trinajstić information content (AvgIpc) is 3.33. The topological polar surface area (TPSA) is 111 Å². The molecule has 0 aliphatic heterocycles. The number of carboxylic acids is 1. The number of carboxylic acid groups (broad SMARTS) is 1. The zero-order chi connectivity index (χ0) is 31.2. The molecule has 4 aromatic rings. The van der Waals surface area contributed by atoms with E-state index in [4.69, 9.17) is 19.6 Å². The number of hydrogen-bond acceptors (Lipinski definition) is 6. The molecule has 230 valence electrons. The average molecular weight is 589 g/mol. The number of carbonyl (C=O) groups is 2. The first-order valence-corrected chi connectivity index (χ1v) is 15.1. The number of rotatable bonds is 14. The third kappa shape index (κ3) is 10.5. The van der Waals surface area contributed by atoms with E-state index in [1.54, 1.807) is 6.07 Å². The first kappa shape index (κ1) is 33.2. The van der Waals surface area contributed by atoms with Gasteiger partial charge in [-0.3, -0.25) is 14.2 Å². The molecule has 0 unspecified atom stereocenters. The molecule has 0 amide bonds. The summed E-state index contributed by atoms with van der Waals surface area (Å²) in [5.41, 5.74) is 4.71. The maximum atomic E-state index is 11.7. The molecular weight excluding hydrogens is 544 g/mol. The fourth-order valence-electron chi connectivity index (χ4n) is 4.52. The van der Waals surface area contributed by atoms with Gasteiger partial charge in [-0.2, -0.15) is 0 Å². The molecule has 8 nitrogen and oxygen atoms in total. The molecule has 0 bridgehead atoms. The number of ether oxygens (including phenoxy) is 2. The fourth-order valence-corrected chi connectivity index (χ4v) is 4.52. The van der Waals surface area contributed by atoms with Crippen LogP contribution >= 0.6 is 0 Å². The van der Waals surface area contributed by atoms with Gasteiger partial charge in [-0.05, 0) is 58.6 Å². The highest BCUT2D eigenvalue weighted by molar-refractivity contribution is 5.86. The van der Waals surface area contributed by atoms with Crippen LogP contribution in [0.15, 0.2) is 66.7 Å². The largest absolute Gasteiger partial charge is 0.504 e. The molecule has 0 saturated carbocycles. The van der Waals surface area contributed by atoms with E-state index in [2.05, 4.69) is 42.7 Å². The van der Waals surface area contributed by atoms with Gasteiger partial charge in [0.2, 0.25) is 0 Å². The van der Waals surface area contributed by atoms with Gasteiger partial charge in [0.1, 0.15) is 5.82 Å². The van der Waals surface area contributed by atoms with E-state index >= 15 is 0 Å². The van der Waals surface area contributed by atoms with Crippen LogP contribution in [0, 0.1) is 6.92 Å². The summed E-state index contributed by atoms with van der Waals surface area (Å²) < 4.78 is 13.2. The van der Waals surface area contributed by atoms with Gasteiger partial charge in [0.05, 0.1) is 23.7 Å². The molecule has 8 heteroatoms. The summed E-state index contributed by atoms with van der Waals surface area (Å²) in [5, 5.41) is 18.8. The number of benzene rings is 3. The number of aromatic nitrogens is 2. The lowest BCUT2D eigenvalue weighted by Crippen LogP contribution is -2.11. The highest BCUT2D eigenvalue weighted by Gasteiger charge is 2.17. The number of aliphatic carboxylic acids is 1. The van der Waals surface area contributed by atoms with Crippen LogP contribution < -0.4 is 4.74 Å². The summed E-state index contributed by atoms with van der Waals surface area (Å²) in [7, 11) is 0. The van der Waals surface area contributed by atoms with E-state index in [0.29, 0.717) is 30.7 Å². The fraction of sp³-hybridized carbons (Fsp3) is 0.400. The summed E-state index contributed by atoms with van der Waals surface area (Å²) in [6.07, 6.45) is 5.97. The van der Waals surface area contributed by atoms with Crippen molar-refractivity contribution in [1.29, 1.82) is 0 Å². The summed E-state index contributed by atoms with van der Waals surface area (Å²) in [4.78, 5) is 26.4. The first-order valence-electron chi connectivity index (χ1n) is 15.1. The summed E-state index contributed by atoms with van der Waals surface area (Å²) in [6, 6.07) is 21.8. The highest BCUT2D eigenvalue weighted by atomic mass is 16.5. The Morgan fingerprint density at radius 3 is 2.26 bits per heavy atom. The molecule has 0 spiro atoms. The van der Waals surface area contributed by atoms with Gasteiger partial charge in [0.15, 0.2) is 11.5 Å². The quantitative estimate of drug-likeness (QED) is 0.113. The monoisotopic (exact) mass is 588 g/mol. The van der Waals surface area contributed by atoms with E-state index in [-0.39, 0.29) is 17.8 Å². The number of imidazole rings is 1. The molecule has 0 saturated heterocycles. The minimum Gasteiger partial charge on any atom is -0.504 e. The van der Waals surface area contributed by atoms with Crippen LogP contribution in [-0.4, -0.2) is 44.4 Å². The van der Waals surface area contributed by atoms with Crippen LogP contribution in [0.3, 0.4) is 0 Å². The lowest BCUT2D eigenvalue weighted by atomic mass is 10.2. The SMILES string of the molecule is CCCCCC(=O)O.Cc1ccc(-n2c(-c3ccccc3)nc3cc(O)c(OCCCCCC(=O)OC(C)C)cc32)cc1. The number of nitrogens with zero attached hydrogens (tertiary/aromatic N) is 2. The van der Waals surface area contributed by atoms with Crippen molar-refractivity contribution in [2.24, 2.45) is 0 Å². The van der Waals surface area contributed by atoms with Crippen molar-refractivity contribution in [2.45, 2.75) is 85.2 Å². The molecule has 0 atom stereocenters. The molecule has 0 aliphatic rings. The summed E-state index contributed by atoms with van der Waals surface area (Å²) >= 11 is 0. The molecular formula is C35H44N2O6. The summed E-state index contributed by atoms with van der Waals surface area (Å²) in [5.74, 6) is 0.436. The number of fused-ring (bicyclic) bond motifs is 1. The van der Waals surface area contributed by atoms with Crippen molar-refractivity contribution in [3.8, 4) is 28.6 Å². The minimum absolute atomic E-state index is 0.0613. The van der Waals surface area contributed by atoms with E-state index < -0.39 is 5.97 Å². The second-order valence-electron chi connectivity index (χ2n) is 10.8. The van der Waals surface area contributed by atoms with Crippen LogP contribution in [0.5, 0.6) is 11.5 Å². The molecule has 43 heavy (non-hydrogen) atoms. The third-order valence-electron chi connectivity index (χ3n) is 6.70. The predicted octanol–water partition coefficient (Wildman–Crippen LogP) is 8.25. The van der Waals surface area contributed by atoms with Crippen molar-refractivity contribution in [3.05, 3.63) is 72.3 Å². The molecule has 1 heterocycles. The Hall–Kier alpha value is -4.33. The van der Waals surface area contributed by atoms with Crippen molar-refractivity contribution in [3.63, 3.8) is 0 Å². The number of carbonyl (C=O) groups excluding carboxylic acids is 1. The minimum atomic E-state index is -0.682. The van der Waals surface area contributed by atoms with Gasteiger partial charge in [-0.15, -0.1) is 0 Å². The maximum absolute atomic E-state index is 11.7. The second kappa shape index (κ2) is 16.9. The Morgan fingerprint density at radius 1 is 0.907 bits per heavy atom. The zero-order valence-corrected chi connectivity index (χ0v) is 25.7. The van der Waals surface area contributed by atoms with Crippen molar-refractivity contribution < 1.29 is 29.3 Å². The van der Waals surface area contributed by atoms with Crippen molar-refractivity contribution >= 4 is 23.0 Å². The van der Waals surface area contributed by atoms with E-state index in [1.165, 1.54) is 5.56 Å². The highest BCUT2D eigenvalue weighted by Crippen LogP contribution is 2.36. The Morgan fingerprint density at radius 2 is 1.60 bits per heavy atom. The van der Waals surface area contributed by atoms with Crippen LogP contribution in [0.2, 0.25) is 0 Å². The molecule has 0 radical (unpaired) electrons. The second-order valence-corrected chi connectivity index (χ2v) is 10.8. The van der Waals surface area contributed by atoms with Crippen LogP contribution in [0.4, 0.5) is 0 Å². The summed E-state index contributed by atoms with van der Waals surface area (Å²) in [6.45, 7) is 8.26. The third-order valence-corrected chi connectivity index (χ3v) is 6.70. The molecule has 4 rings (SSSR count). The predicted molar refractivity (Wildman–Crippen MR) is 170 cm³/mol. The van der Waals surface area contributed by atoms with Crippen molar-refractivity contribution in [1.82, 2.24) is 9.55 Å². The van der Waals surface area contributed by atoms with E-state index in [9.17, 15) is 14.7 Å². The van der Waals surface area contributed by atoms with Gasteiger partial charge < -0.3 is 19.7 Å². The standard InChI is InChI=1S/C29H32N2O4.C6H12O2/c1-20(2)35-28(33)12-8-5-9-17-34-27-19-25-24(18-26(27)32)30-29(22-10-6-4-7-11-22)31(25)23-15-13-21(3)14-16-23;1-2-3-4-5-6(7)8/h4,6-7,10-11,13-16,18-20,32H,5,8-9,12,17H2,1-3H3;2-5H2,1H3,(H,7,8). The van der Waals surface area contributed by atoms with Gasteiger partial charge >= 0.3 is 11.9 Å². The smallest absolute Gasteiger partial charge is 0.306 e. The molecule has 1 aromatic heterocycles. The first-order chi connectivity index (χ1) is 20.7. The Kier molecular flexibility index (Phi) is 13.1. The Balaban J connectivity index is 0.000000557. The zero-order valence-electron chi connectivity index (χ0n) is 25.7. The van der Waals surface area contributed by atoms with Gasteiger partial charge in [0.25, 0.3) is 0 Å². The Bertz CT molecular complexity index is 1440.